The molecule has 15 heteroatoms. The van der Waals surface area contributed by atoms with Gasteiger partial charge >= 0.3 is 17.8 Å². The number of ether oxygens (including phenoxy) is 5. The van der Waals surface area contributed by atoms with Gasteiger partial charge in [-0.3, -0.25) is 9.36 Å². The molecule has 0 saturated carbocycles. The fraction of sp³-hybridized carbons (Fsp3) is 0.395. The Hall–Kier alpha value is -4.96. The van der Waals surface area contributed by atoms with Gasteiger partial charge in [0.1, 0.15) is 40.7 Å². The maximum absolute atomic E-state index is 13.5. The third kappa shape index (κ3) is 8.33. The lowest BCUT2D eigenvalue weighted by Crippen LogP contribution is -2.57. The molecule has 1 aliphatic heterocycles. The number of anilines is 1. The van der Waals surface area contributed by atoms with E-state index in [4.69, 9.17) is 23.7 Å². The van der Waals surface area contributed by atoms with Gasteiger partial charge in [0.05, 0.1) is 27.4 Å². The number of methoxy groups -OCH3 is 3. The molecule has 1 saturated heterocycles. The number of carbonyl (C=O) groups is 1. The van der Waals surface area contributed by atoms with Gasteiger partial charge in [-0.1, -0.05) is 68.4 Å². The number of nitrogens with one attached hydrogen (secondary N) is 2. The molecular weight excluding hydrogens is 697 g/mol. The molecule has 0 spiro atoms. The third-order valence-electron chi connectivity index (χ3n) is 9.07. The Bertz CT molecular complexity index is 1830. The zero-order valence-corrected chi connectivity index (χ0v) is 29.9. The van der Waals surface area contributed by atoms with Crippen molar-refractivity contribution in [3.8, 4) is 11.5 Å². The van der Waals surface area contributed by atoms with Crippen molar-refractivity contribution in [3.63, 3.8) is 0 Å². The second kappa shape index (κ2) is 16.4. The Morgan fingerprint density at radius 2 is 1.49 bits per heavy atom. The highest BCUT2D eigenvalue weighted by atomic mass is 19.4. The lowest BCUT2D eigenvalue weighted by molar-refractivity contribution is -0.181. The molecule has 1 aromatic heterocycles. The first-order valence-electron chi connectivity index (χ1n) is 16.8. The highest BCUT2D eigenvalue weighted by Crippen LogP contribution is 2.45. The van der Waals surface area contributed by atoms with E-state index in [1.165, 1.54) is 33.6 Å². The van der Waals surface area contributed by atoms with Crippen molar-refractivity contribution in [3.05, 3.63) is 118 Å². The molecule has 0 aliphatic carbocycles. The van der Waals surface area contributed by atoms with Crippen LogP contribution in [-0.2, 0) is 24.6 Å². The van der Waals surface area contributed by atoms with Gasteiger partial charge in [-0.2, -0.15) is 18.2 Å². The number of hydrogen-bond acceptors (Lipinski definition) is 10. The summed E-state index contributed by atoms with van der Waals surface area (Å²) in [6.45, 7) is 3.02. The Balaban J connectivity index is 1.64. The number of aromatic nitrogens is 2. The van der Waals surface area contributed by atoms with Gasteiger partial charge in [-0.05, 0) is 52.9 Å². The highest BCUT2D eigenvalue weighted by molar-refractivity contribution is 5.81. The third-order valence-corrected chi connectivity index (χ3v) is 9.07. The Morgan fingerprint density at radius 3 is 1.98 bits per heavy atom. The Kier molecular flexibility index (Phi) is 12.1. The molecule has 3 aromatic carbocycles. The van der Waals surface area contributed by atoms with Gasteiger partial charge in [0, 0.05) is 19.9 Å². The van der Waals surface area contributed by atoms with Crippen LogP contribution in [0, 0.1) is 5.92 Å². The second-order valence-corrected chi connectivity index (χ2v) is 13.0. The quantitative estimate of drug-likeness (QED) is 0.148. The number of nitrogens with zero attached hydrogens (tertiary/aromatic N) is 2. The molecule has 1 fully saturated rings. The average molecular weight is 741 g/mol. The smallest absolute Gasteiger partial charge is 0.471 e. The van der Waals surface area contributed by atoms with E-state index in [2.05, 4.69) is 10.3 Å². The molecule has 0 radical (unpaired) electrons. The molecular formula is C38H43F3N4O8. The molecule has 12 nitrogen and oxygen atoms in total. The normalized spacial score (nSPS) is 20.3. The average Bonchev–Trinajstić information content (AvgIpc) is 3.44. The van der Waals surface area contributed by atoms with Crippen molar-refractivity contribution in [2.75, 3.05) is 46.3 Å². The number of rotatable bonds is 15. The fourth-order valence-electron chi connectivity index (χ4n) is 6.26. The SMILES string of the molecule is COc1ccc(C(OC[C@@]2(CNC(=O)C(F)(F)F)O[C@@H](n3ccc(NCC(C)C)nc3=O)[C@H](OC)[C@@H]2O)(c2ccccc2)c2ccc(OC)cc2)cc1. The molecule has 1 amide bonds. The minimum Gasteiger partial charge on any atom is -0.497 e. The van der Waals surface area contributed by atoms with Crippen molar-refractivity contribution in [2.24, 2.45) is 5.92 Å². The summed E-state index contributed by atoms with van der Waals surface area (Å²) >= 11 is 0. The van der Waals surface area contributed by atoms with Crippen LogP contribution in [0.3, 0.4) is 0 Å². The Labute approximate surface area is 304 Å². The molecule has 3 N–H and O–H groups in total. The van der Waals surface area contributed by atoms with Gasteiger partial charge in [0.2, 0.25) is 0 Å². The van der Waals surface area contributed by atoms with Gasteiger partial charge < -0.3 is 39.4 Å². The summed E-state index contributed by atoms with van der Waals surface area (Å²) < 4.78 is 71.4. The standard InChI is InChI=1S/C38H43F3N4O8/c1-24(2)21-42-30-19-20-45(35(48)44-30)33-31(51-5)32(46)36(53-33,22-43-34(47)38(39,40)41)23-52-37(25-9-7-6-8-10-25,26-11-15-28(49-3)16-12-26)27-13-17-29(50-4)18-14-27/h6-20,24,31-33,46H,21-23H2,1-5H3,(H,43,47)(H,42,44,48)/t31-,32+,33-,36-/m1/s1. The van der Waals surface area contributed by atoms with Crippen LogP contribution in [-0.4, -0.2) is 85.6 Å². The maximum Gasteiger partial charge on any atom is 0.471 e. The van der Waals surface area contributed by atoms with Crippen LogP contribution >= 0.6 is 0 Å². The van der Waals surface area contributed by atoms with E-state index in [-0.39, 0.29) is 5.92 Å². The molecule has 4 aromatic rings. The molecule has 284 valence electrons. The lowest BCUT2D eigenvalue weighted by Gasteiger charge is -2.40. The first-order chi connectivity index (χ1) is 25.3. The van der Waals surface area contributed by atoms with Crippen LogP contribution in [0.4, 0.5) is 19.0 Å². The first kappa shape index (κ1) is 39.3. The number of halogens is 3. The summed E-state index contributed by atoms with van der Waals surface area (Å²) in [4.78, 5) is 29.6. The van der Waals surface area contributed by atoms with E-state index in [9.17, 15) is 27.9 Å². The minimum absolute atomic E-state index is 0.261. The summed E-state index contributed by atoms with van der Waals surface area (Å²) in [5, 5.41) is 16.9. The van der Waals surface area contributed by atoms with Crippen LogP contribution in [0.25, 0.3) is 0 Å². The minimum atomic E-state index is -5.24. The van der Waals surface area contributed by atoms with Crippen LogP contribution in [0.5, 0.6) is 11.5 Å². The molecule has 4 atom stereocenters. The summed E-state index contributed by atoms with van der Waals surface area (Å²) in [6.07, 6.45) is -8.31. The molecule has 53 heavy (non-hydrogen) atoms. The van der Waals surface area contributed by atoms with Crippen molar-refractivity contribution in [1.82, 2.24) is 14.9 Å². The first-order valence-corrected chi connectivity index (χ1v) is 16.8. The van der Waals surface area contributed by atoms with Crippen LogP contribution in [0.15, 0.2) is 95.9 Å². The van der Waals surface area contributed by atoms with E-state index in [0.29, 0.717) is 40.6 Å². The largest absolute Gasteiger partial charge is 0.497 e. The van der Waals surface area contributed by atoms with E-state index in [1.807, 2.05) is 37.4 Å². The predicted octanol–water partition coefficient (Wildman–Crippen LogP) is 4.66. The highest BCUT2D eigenvalue weighted by Gasteiger charge is 2.58. The van der Waals surface area contributed by atoms with Crippen LogP contribution in [0.2, 0.25) is 0 Å². The summed E-state index contributed by atoms with van der Waals surface area (Å²) in [6, 6.07) is 24.6. The van der Waals surface area contributed by atoms with Crippen molar-refractivity contribution < 1.29 is 46.8 Å². The second-order valence-electron chi connectivity index (χ2n) is 13.0. The zero-order valence-electron chi connectivity index (χ0n) is 29.9. The number of carbonyl (C=O) groups excluding carboxylic acids is 1. The predicted molar refractivity (Wildman–Crippen MR) is 189 cm³/mol. The lowest BCUT2D eigenvalue weighted by atomic mass is 9.79. The maximum atomic E-state index is 13.5. The molecule has 1 aliphatic rings. The van der Waals surface area contributed by atoms with Crippen LogP contribution in [0.1, 0.15) is 36.8 Å². The van der Waals surface area contributed by atoms with Crippen molar-refractivity contribution >= 4 is 11.7 Å². The van der Waals surface area contributed by atoms with Gasteiger partial charge in [-0.25, -0.2) is 4.79 Å². The monoisotopic (exact) mass is 740 g/mol. The zero-order chi connectivity index (χ0) is 38.4. The van der Waals surface area contributed by atoms with Crippen LogP contribution < -0.4 is 25.8 Å². The number of hydrogen-bond donors (Lipinski definition) is 3. The fourth-order valence-corrected chi connectivity index (χ4v) is 6.26. The van der Waals surface area contributed by atoms with Gasteiger partial charge in [0.15, 0.2) is 6.23 Å². The number of alkyl halides is 3. The number of benzene rings is 3. The summed E-state index contributed by atoms with van der Waals surface area (Å²) in [5.74, 6) is -0.588. The molecule has 0 bridgehead atoms. The van der Waals surface area contributed by atoms with E-state index >= 15 is 0 Å². The van der Waals surface area contributed by atoms with Gasteiger partial charge in [0.25, 0.3) is 0 Å². The number of aliphatic hydroxyl groups is 1. The molecule has 0 unspecified atom stereocenters. The van der Waals surface area contributed by atoms with E-state index in [0.717, 1.165) is 4.57 Å². The molecule has 5 rings (SSSR count). The van der Waals surface area contributed by atoms with Crippen molar-refractivity contribution in [1.29, 1.82) is 0 Å². The topological polar surface area (TPSA) is 142 Å². The summed E-state index contributed by atoms with van der Waals surface area (Å²) in [5.41, 5.74) is -2.60. The van der Waals surface area contributed by atoms with E-state index < -0.39 is 60.6 Å². The summed E-state index contributed by atoms with van der Waals surface area (Å²) in [7, 11) is 4.31. The van der Waals surface area contributed by atoms with Crippen molar-refractivity contribution in [2.45, 2.75) is 49.7 Å². The Morgan fingerprint density at radius 1 is 0.925 bits per heavy atom. The molecule has 2 heterocycles. The number of amides is 1. The number of aliphatic hydroxyl groups excluding tert-OH is 1. The van der Waals surface area contributed by atoms with E-state index in [1.54, 1.807) is 60.7 Å². The van der Waals surface area contributed by atoms with Gasteiger partial charge in [-0.15, -0.1) is 0 Å².